The first kappa shape index (κ1) is 19.1. The first-order valence-corrected chi connectivity index (χ1v) is 9.11. The molecule has 0 aliphatic carbocycles. The summed E-state index contributed by atoms with van der Waals surface area (Å²) >= 11 is 0. The van der Waals surface area contributed by atoms with E-state index in [0.29, 0.717) is 6.04 Å². The Labute approximate surface area is 147 Å². The fourth-order valence-electron chi connectivity index (χ4n) is 3.19. The van der Waals surface area contributed by atoms with Crippen LogP contribution in [0.15, 0.2) is 18.2 Å². The summed E-state index contributed by atoms with van der Waals surface area (Å²) in [6.07, 6.45) is 2.57. The van der Waals surface area contributed by atoms with Crippen molar-refractivity contribution in [2.24, 2.45) is 0 Å². The Bertz CT molecular complexity index is 515. The first-order chi connectivity index (χ1) is 11.3. The van der Waals surface area contributed by atoms with Crippen LogP contribution in [0.2, 0.25) is 0 Å². The fraction of sp³-hybridized carbons (Fsp3) is 0.700. The first-order valence-electron chi connectivity index (χ1n) is 9.11. The maximum Gasteiger partial charge on any atom is 0.161 e. The van der Waals surface area contributed by atoms with Gasteiger partial charge in [0.1, 0.15) is 0 Å². The Morgan fingerprint density at radius 3 is 2.38 bits per heavy atom. The van der Waals surface area contributed by atoms with Gasteiger partial charge in [-0.15, -0.1) is 0 Å². The molecule has 0 bridgehead atoms. The van der Waals surface area contributed by atoms with Gasteiger partial charge in [-0.2, -0.15) is 0 Å². The normalized spacial score (nSPS) is 17.3. The van der Waals surface area contributed by atoms with Gasteiger partial charge in [0.25, 0.3) is 0 Å². The SMILES string of the molecule is COc1cc(CNC2CCN(C(C)(C)C)CC2)ccc1OC(C)C. The number of piperidine rings is 1. The number of methoxy groups -OCH3 is 1. The molecule has 4 nitrogen and oxygen atoms in total. The summed E-state index contributed by atoms with van der Waals surface area (Å²) in [5, 5.41) is 3.70. The summed E-state index contributed by atoms with van der Waals surface area (Å²) in [4.78, 5) is 2.58. The second-order valence-electron chi connectivity index (χ2n) is 7.96. The van der Waals surface area contributed by atoms with E-state index in [1.165, 1.54) is 31.5 Å². The van der Waals surface area contributed by atoms with E-state index in [-0.39, 0.29) is 11.6 Å². The lowest BCUT2D eigenvalue weighted by atomic mass is 9.98. The molecule has 4 heteroatoms. The quantitative estimate of drug-likeness (QED) is 0.857. The Balaban J connectivity index is 1.87. The van der Waals surface area contributed by atoms with Gasteiger partial charge in [-0.1, -0.05) is 6.07 Å². The van der Waals surface area contributed by atoms with Crippen LogP contribution >= 0.6 is 0 Å². The van der Waals surface area contributed by atoms with Gasteiger partial charge in [0.2, 0.25) is 0 Å². The van der Waals surface area contributed by atoms with Gasteiger partial charge in [0.05, 0.1) is 13.2 Å². The topological polar surface area (TPSA) is 33.7 Å². The molecule has 0 aromatic heterocycles. The third-order valence-corrected chi connectivity index (χ3v) is 4.63. The van der Waals surface area contributed by atoms with Crippen LogP contribution in [-0.4, -0.2) is 42.8 Å². The molecule has 1 saturated heterocycles. The molecule has 1 aliphatic heterocycles. The number of hydrogen-bond acceptors (Lipinski definition) is 4. The predicted molar refractivity (Wildman–Crippen MR) is 99.9 cm³/mol. The van der Waals surface area contributed by atoms with Gasteiger partial charge in [0.15, 0.2) is 11.5 Å². The number of hydrogen-bond donors (Lipinski definition) is 1. The van der Waals surface area contributed by atoms with Crippen molar-refractivity contribution in [3.05, 3.63) is 23.8 Å². The monoisotopic (exact) mass is 334 g/mol. The molecule has 136 valence electrons. The minimum Gasteiger partial charge on any atom is -0.493 e. The highest BCUT2D eigenvalue weighted by Gasteiger charge is 2.26. The molecule has 0 atom stereocenters. The van der Waals surface area contributed by atoms with Crippen molar-refractivity contribution in [2.75, 3.05) is 20.2 Å². The van der Waals surface area contributed by atoms with E-state index in [0.717, 1.165) is 18.0 Å². The molecule has 0 spiro atoms. The zero-order valence-electron chi connectivity index (χ0n) is 16.2. The zero-order chi connectivity index (χ0) is 17.7. The van der Waals surface area contributed by atoms with E-state index < -0.39 is 0 Å². The van der Waals surface area contributed by atoms with Crippen LogP contribution < -0.4 is 14.8 Å². The van der Waals surface area contributed by atoms with Gasteiger partial charge in [-0.05, 0) is 65.2 Å². The van der Waals surface area contributed by atoms with E-state index in [9.17, 15) is 0 Å². The molecule has 1 aromatic carbocycles. The third-order valence-electron chi connectivity index (χ3n) is 4.63. The van der Waals surface area contributed by atoms with Crippen LogP contribution in [0.4, 0.5) is 0 Å². The molecule has 1 aliphatic rings. The summed E-state index contributed by atoms with van der Waals surface area (Å²) in [6, 6.07) is 6.81. The lowest BCUT2D eigenvalue weighted by molar-refractivity contribution is 0.0960. The molecule has 2 rings (SSSR count). The van der Waals surface area contributed by atoms with Crippen molar-refractivity contribution in [2.45, 2.75) is 71.7 Å². The summed E-state index contributed by atoms with van der Waals surface area (Å²) in [7, 11) is 1.70. The highest BCUT2D eigenvalue weighted by Crippen LogP contribution is 2.29. The van der Waals surface area contributed by atoms with Crippen LogP contribution in [0, 0.1) is 0 Å². The molecule has 1 heterocycles. The van der Waals surface area contributed by atoms with Crippen molar-refractivity contribution in [1.29, 1.82) is 0 Å². The molecule has 1 fully saturated rings. The molecule has 0 radical (unpaired) electrons. The second-order valence-corrected chi connectivity index (χ2v) is 7.96. The smallest absolute Gasteiger partial charge is 0.161 e. The molecule has 0 unspecified atom stereocenters. The number of nitrogens with one attached hydrogen (secondary N) is 1. The lowest BCUT2D eigenvalue weighted by Crippen LogP contribution is -2.49. The highest BCUT2D eigenvalue weighted by molar-refractivity contribution is 5.43. The van der Waals surface area contributed by atoms with Crippen LogP contribution in [0.5, 0.6) is 11.5 Å². The number of nitrogens with zero attached hydrogens (tertiary/aromatic N) is 1. The van der Waals surface area contributed by atoms with Crippen LogP contribution in [-0.2, 0) is 6.54 Å². The Kier molecular flexibility index (Phi) is 6.53. The van der Waals surface area contributed by atoms with E-state index in [2.05, 4.69) is 43.1 Å². The van der Waals surface area contributed by atoms with Crippen molar-refractivity contribution < 1.29 is 9.47 Å². The van der Waals surface area contributed by atoms with Gasteiger partial charge in [0, 0.05) is 31.2 Å². The molecule has 24 heavy (non-hydrogen) atoms. The third kappa shape index (κ3) is 5.38. The molecular weight excluding hydrogens is 300 g/mol. The zero-order valence-corrected chi connectivity index (χ0v) is 16.2. The van der Waals surface area contributed by atoms with Gasteiger partial charge in [-0.3, -0.25) is 4.90 Å². The van der Waals surface area contributed by atoms with Crippen molar-refractivity contribution in [1.82, 2.24) is 10.2 Å². The van der Waals surface area contributed by atoms with E-state index in [1.54, 1.807) is 7.11 Å². The Hall–Kier alpha value is -1.26. The van der Waals surface area contributed by atoms with Crippen LogP contribution in [0.25, 0.3) is 0 Å². The molecule has 0 amide bonds. The average Bonchev–Trinajstić information content (AvgIpc) is 2.53. The van der Waals surface area contributed by atoms with Gasteiger partial charge < -0.3 is 14.8 Å². The summed E-state index contributed by atoms with van der Waals surface area (Å²) in [5.74, 6) is 1.63. The molecule has 1 aromatic rings. The van der Waals surface area contributed by atoms with Crippen LogP contribution in [0.1, 0.15) is 53.0 Å². The van der Waals surface area contributed by atoms with E-state index >= 15 is 0 Å². The maximum absolute atomic E-state index is 5.78. The van der Waals surface area contributed by atoms with Crippen molar-refractivity contribution in [3.8, 4) is 11.5 Å². The molecule has 1 N–H and O–H groups in total. The number of ether oxygens (including phenoxy) is 2. The highest BCUT2D eigenvalue weighted by atomic mass is 16.5. The summed E-state index contributed by atoms with van der Waals surface area (Å²) < 4.78 is 11.2. The van der Waals surface area contributed by atoms with E-state index in [4.69, 9.17) is 9.47 Å². The number of rotatable bonds is 6. The number of likely N-dealkylation sites (tertiary alicyclic amines) is 1. The Morgan fingerprint density at radius 1 is 1.17 bits per heavy atom. The predicted octanol–water partition coefficient (Wildman–Crippen LogP) is 3.83. The van der Waals surface area contributed by atoms with E-state index in [1.807, 2.05) is 19.9 Å². The average molecular weight is 335 g/mol. The summed E-state index contributed by atoms with van der Waals surface area (Å²) in [6.45, 7) is 14.2. The molecular formula is C20H34N2O2. The lowest BCUT2D eigenvalue weighted by Gasteiger charge is -2.41. The fourth-order valence-corrected chi connectivity index (χ4v) is 3.19. The molecule has 0 saturated carbocycles. The minimum absolute atomic E-state index is 0.149. The Morgan fingerprint density at radius 2 is 1.83 bits per heavy atom. The maximum atomic E-state index is 5.78. The second kappa shape index (κ2) is 8.21. The largest absolute Gasteiger partial charge is 0.493 e. The minimum atomic E-state index is 0.149. The van der Waals surface area contributed by atoms with Gasteiger partial charge >= 0.3 is 0 Å². The van der Waals surface area contributed by atoms with Crippen molar-refractivity contribution in [3.63, 3.8) is 0 Å². The summed E-state index contributed by atoms with van der Waals surface area (Å²) in [5.41, 5.74) is 1.52. The standard InChI is InChI=1S/C20H34N2O2/c1-15(2)24-18-8-7-16(13-19(18)23-6)14-21-17-9-11-22(12-10-17)20(3,4)5/h7-8,13,15,17,21H,9-12,14H2,1-6H3. The van der Waals surface area contributed by atoms with Crippen molar-refractivity contribution >= 4 is 0 Å². The number of benzene rings is 1. The van der Waals surface area contributed by atoms with Crippen LogP contribution in [0.3, 0.4) is 0 Å². The van der Waals surface area contributed by atoms with Gasteiger partial charge in [-0.25, -0.2) is 0 Å².